The molecule has 0 saturated carbocycles. The molecule has 0 aliphatic carbocycles. The van der Waals surface area contributed by atoms with Crippen molar-refractivity contribution in [3.63, 3.8) is 0 Å². The molecule has 1 N–H and O–H groups in total. The van der Waals surface area contributed by atoms with Gasteiger partial charge in [0, 0.05) is 19.7 Å². The number of hydrogen-bond donors (Lipinski definition) is 1. The number of hydrogen-bond acceptors (Lipinski definition) is 4. The quantitative estimate of drug-likeness (QED) is 0.628. The highest BCUT2D eigenvalue weighted by atomic mass is 35.5. The third-order valence-corrected chi connectivity index (χ3v) is 3.00. The first-order valence-electron chi connectivity index (χ1n) is 6.58. The summed E-state index contributed by atoms with van der Waals surface area (Å²) in [5.41, 5.74) is 1.34. The van der Waals surface area contributed by atoms with Gasteiger partial charge in [0.1, 0.15) is 17.6 Å². The predicted molar refractivity (Wildman–Crippen MR) is 81.0 cm³/mol. The molecule has 2 rings (SSSR count). The van der Waals surface area contributed by atoms with Crippen LogP contribution in [0, 0.1) is 0 Å². The van der Waals surface area contributed by atoms with Gasteiger partial charge in [-0.05, 0) is 18.4 Å². The molecule has 0 radical (unpaired) electrons. The first-order valence-corrected chi connectivity index (χ1v) is 6.96. The van der Waals surface area contributed by atoms with E-state index in [2.05, 4.69) is 39.6 Å². The van der Waals surface area contributed by atoms with Crippen LogP contribution in [0.1, 0.15) is 17.8 Å². The number of nitrogens with zero attached hydrogens (tertiary/aromatic N) is 2. The lowest BCUT2D eigenvalue weighted by Gasteiger charge is -2.07. The lowest BCUT2D eigenvalue weighted by molar-refractivity contribution is 0.178. The summed E-state index contributed by atoms with van der Waals surface area (Å²) in [6.45, 7) is 1.20. The largest absolute Gasteiger partial charge is 0.377 e. The average Bonchev–Trinajstić information content (AvgIpc) is 2.45. The molecule has 4 nitrogen and oxygen atoms in total. The Balaban J connectivity index is 1.81. The average molecular weight is 292 g/mol. The van der Waals surface area contributed by atoms with Gasteiger partial charge in [0.05, 0.1) is 0 Å². The second-order valence-corrected chi connectivity index (χ2v) is 4.83. The summed E-state index contributed by atoms with van der Waals surface area (Å²) < 4.78 is 5.01. The first-order chi connectivity index (χ1) is 9.78. The Labute approximate surface area is 124 Å². The van der Waals surface area contributed by atoms with Gasteiger partial charge in [-0.15, -0.1) is 0 Å². The number of ether oxygens (including phenoxy) is 1. The number of methoxy groups -OCH3 is 1. The molecule has 20 heavy (non-hydrogen) atoms. The van der Waals surface area contributed by atoms with Crippen molar-refractivity contribution in [2.24, 2.45) is 0 Å². The van der Waals surface area contributed by atoms with E-state index in [1.54, 1.807) is 13.2 Å². The minimum absolute atomic E-state index is 0.360. The van der Waals surface area contributed by atoms with E-state index in [0.29, 0.717) is 17.6 Å². The summed E-state index contributed by atoms with van der Waals surface area (Å²) in [5, 5.41) is 3.69. The van der Waals surface area contributed by atoms with Gasteiger partial charge in [-0.25, -0.2) is 9.97 Å². The number of aryl methyl sites for hydroxylation is 1. The molecule has 0 aliphatic rings. The van der Waals surface area contributed by atoms with Crippen LogP contribution in [0.2, 0.25) is 5.15 Å². The predicted octanol–water partition coefficient (Wildman–Crippen LogP) is 3.32. The van der Waals surface area contributed by atoms with Crippen molar-refractivity contribution < 1.29 is 4.74 Å². The van der Waals surface area contributed by atoms with Crippen molar-refractivity contribution in [3.8, 4) is 0 Å². The lowest BCUT2D eigenvalue weighted by atomic mass is 10.1. The number of halogens is 1. The normalized spacial score (nSPS) is 10.5. The van der Waals surface area contributed by atoms with E-state index in [0.717, 1.165) is 25.2 Å². The molecule has 2 aromatic rings. The fourth-order valence-electron chi connectivity index (χ4n) is 1.90. The Morgan fingerprint density at radius 1 is 1.20 bits per heavy atom. The van der Waals surface area contributed by atoms with Crippen LogP contribution < -0.4 is 5.32 Å². The van der Waals surface area contributed by atoms with Crippen molar-refractivity contribution in [2.75, 3.05) is 19.0 Å². The van der Waals surface area contributed by atoms with E-state index in [1.807, 2.05) is 6.07 Å². The molecule has 0 saturated heterocycles. The molecule has 0 bridgehead atoms. The minimum Gasteiger partial charge on any atom is -0.377 e. The summed E-state index contributed by atoms with van der Waals surface area (Å²) >= 11 is 5.95. The number of benzene rings is 1. The maximum Gasteiger partial charge on any atom is 0.158 e. The highest BCUT2D eigenvalue weighted by molar-refractivity contribution is 6.29. The van der Waals surface area contributed by atoms with E-state index in [1.165, 1.54) is 5.56 Å². The topological polar surface area (TPSA) is 47.0 Å². The Hall–Kier alpha value is -1.65. The smallest absolute Gasteiger partial charge is 0.158 e. The van der Waals surface area contributed by atoms with E-state index in [4.69, 9.17) is 16.3 Å². The SMILES string of the molecule is COCc1nc(Cl)cc(NCCCc2ccccc2)n1. The molecule has 106 valence electrons. The zero-order valence-electron chi connectivity index (χ0n) is 11.5. The van der Waals surface area contributed by atoms with Crippen LogP contribution in [0.3, 0.4) is 0 Å². The molecular weight excluding hydrogens is 274 g/mol. The molecule has 0 spiro atoms. The first kappa shape index (κ1) is 14.8. The van der Waals surface area contributed by atoms with E-state index >= 15 is 0 Å². The molecule has 0 aliphatic heterocycles. The zero-order valence-corrected chi connectivity index (χ0v) is 12.2. The standard InChI is InChI=1S/C15H18ClN3O/c1-20-11-15-18-13(16)10-14(19-15)17-9-5-8-12-6-3-2-4-7-12/h2-4,6-7,10H,5,8-9,11H2,1H3,(H,17,18,19). The lowest BCUT2D eigenvalue weighted by Crippen LogP contribution is -2.07. The van der Waals surface area contributed by atoms with Crippen molar-refractivity contribution in [2.45, 2.75) is 19.4 Å². The van der Waals surface area contributed by atoms with Gasteiger partial charge in [-0.1, -0.05) is 41.9 Å². The molecule has 0 atom stereocenters. The van der Waals surface area contributed by atoms with Gasteiger partial charge in [0.2, 0.25) is 0 Å². The Morgan fingerprint density at radius 2 is 2.00 bits per heavy atom. The van der Waals surface area contributed by atoms with Crippen molar-refractivity contribution in [1.82, 2.24) is 9.97 Å². The van der Waals surface area contributed by atoms with Gasteiger partial charge in [0.15, 0.2) is 5.82 Å². The molecule has 0 unspecified atom stereocenters. The zero-order chi connectivity index (χ0) is 14.2. The van der Waals surface area contributed by atoms with Crippen LogP contribution in [0.5, 0.6) is 0 Å². The van der Waals surface area contributed by atoms with Gasteiger partial charge >= 0.3 is 0 Å². The highest BCUT2D eigenvalue weighted by Crippen LogP contribution is 2.12. The molecule has 1 aromatic carbocycles. The Bertz CT molecular complexity index is 534. The minimum atomic E-state index is 0.360. The second kappa shape index (κ2) is 7.82. The molecule has 0 fully saturated rings. The van der Waals surface area contributed by atoms with Crippen LogP contribution in [0.4, 0.5) is 5.82 Å². The van der Waals surface area contributed by atoms with E-state index in [9.17, 15) is 0 Å². The van der Waals surface area contributed by atoms with Crippen LogP contribution >= 0.6 is 11.6 Å². The Kier molecular flexibility index (Phi) is 5.77. The van der Waals surface area contributed by atoms with Gasteiger partial charge in [-0.2, -0.15) is 0 Å². The third kappa shape index (κ3) is 4.79. The van der Waals surface area contributed by atoms with Crippen LogP contribution in [0.15, 0.2) is 36.4 Å². The summed E-state index contributed by atoms with van der Waals surface area (Å²) in [7, 11) is 1.61. The molecule has 1 aromatic heterocycles. The van der Waals surface area contributed by atoms with Crippen LogP contribution in [0.25, 0.3) is 0 Å². The van der Waals surface area contributed by atoms with Crippen molar-refractivity contribution in [3.05, 3.63) is 52.9 Å². The van der Waals surface area contributed by atoms with Gasteiger partial charge < -0.3 is 10.1 Å². The molecule has 1 heterocycles. The maximum atomic E-state index is 5.95. The van der Waals surface area contributed by atoms with E-state index < -0.39 is 0 Å². The maximum absolute atomic E-state index is 5.95. The van der Waals surface area contributed by atoms with Crippen LogP contribution in [-0.4, -0.2) is 23.6 Å². The van der Waals surface area contributed by atoms with E-state index in [-0.39, 0.29) is 0 Å². The molecule has 0 amide bonds. The number of nitrogens with one attached hydrogen (secondary N) is 1. The Morgan fingerprint density at radius 3 is 2.75 bits per heavy atom. The third-order valence-electron chi connectivity index (χ3n) is 2.81. The summed E-state index contributed by atoms with van der Waals surface area (Å²) in [6.07, 6.45) is 2.07. The van der Waals surface area contributed by atoms with Gasteiger partial charge in [-0.3, -0.25) is 0 Å². The van der Waals surface area contributed by atoms with Crippen molar-refractivity contribution in [1.29, 1.82) is 0 Å². The number of aromatic nitrogens is 2. The van der Waals surface area contributed by atoms with Gasteiger partial charge in [0.25, 0.3) is 0 Å². The fraction of sp³-hybridized carbons (Fsp3) is 0.333. The number of rotatable bonds is 7. The van der Waals surface area contributed by atoms with Crippen molar-refractivity contribution >= 4 is 17.4 Å². The molecular formula is C15H18ClN3O. The number of anilines is 1. The summed E-state index contributed by atoms with van der Waals surface area (Å²) in [6, 6.07) is 12.1. The summed E-state index contributed by atoms with van der Waals surface area (Å²) in [5.74, 6) is 1.33. The molecule has 5 heteroatoms. The fourth-order valence-corrected chi connectivity index (χ4v) is 2.10. The van der Waals surface area contributed by atoms with Crippen LogP contribution in [-0.2, 0) is 17.8 Å². The second-order valence-electron chi connectivity index (χ2n) is 4.44. The summed E-state index contributed by atoms with van der Waals surface area (Å²) in [4.78, 5) is 8.42. The highest BCUT2D eigenvalue weighted by Gasteiger charge is 2.02. The monoisotopic (exact) mass is 291 g/mol.